The third-order valence-corrected chi connectivity index (χ3v) is 2.67. The first kappa shape index (κ1) is 12.7. The highest BCUT2D eigenvalue weighted by Crippen LogP contribution is 2.11. The van der Waals surface area contributed by atoms with Gasteiger partial charge in [-0.15, -0.1) is 6.58 Å². The van der Waals surface area contributed by atoms with E-state index in [2.05, 4.69) is 17.2 Å². The van der Waals surface area contributed by atoms with Gasteiger partial charge in [-0.3, -0.25) is 4.79 Å². The average Bonchev–Trinajstić information content (AvgIpc) is 2.69. The molecular formula is C11H18N2O3. The second-order valence-electron chi connectivity index (χ2n) is 4.05. The van der Waals surface area contributed by atoms with Gasteiger partial charge in [-0.2, -0.15) is 0 Å². The van der Waals surface area contributed by atoms with Crippen molar-refractivity contribution < 1.29 is 14.7 Å². The highest BCUT2D eigenvalue weighted by Gasteiger charge is 2.22. The van der Waals surface area contributed by atoms with Gasteiger partial charge in [0, 0.05) is 6.42 Å². The van der Waals surface area contributed by atoms with Gasteiger partial charge in [-0.25, -0.2) is 4.79 Å². The molecule has 1 amide bonds. The summed E-state index contributed by atoms with van der Waals surface area (Å²) in [6.07, 6.45) is 3.13. The van der Waals surface area contributed by atoms with Crippen LogP contribution in [-0.4, -0.2) is 36.1 Å². The SMILES string of the molecule is C=CCC(NC(=O)CC1CCNC1)C(=O)O. The van der Waals surface area contributed by atoms with Crippen molar-refractivity contribution >= 4 is 11.9 Å². The summed E-state index contributed by atoms with van der Waals surface area (Å²) in [5.41, 5.74) is 0. The van der Waals surface area contributed by atoms with E-state index in [1.165, 1.54) is 6.08 Å². The van der Waals surface area contributed by atoms with E-state index in [1.54, 1.807) is 0 Å². The number of hydrogen-bond donors (Lipinski definition) is 3. The number of amides is 1. The minimum atomic E-state index is -1.02. The number of carboxylic acid groups (broad SMARTS) is 1. The van der Waals surface area contributed by atoms with Gasteiger partial charge in [0.2, 0.25) is 5.91 Å². The standard InChI is InChI=1S/C11H18N2O3/c1-2-3-9(11(15)16)13-10(14)6-8-4-5-12-7-8/h2,8-9,12H,1,3-7H2,(H,13,14)(H,15,16). The maximum Gasteiger partial charge on any atom is 0.326 e. The first-order valence-electron chi connectivity index (χ1n) is 5.47. The van der Waals surface area contributed by atoms with E-state index in [1.807, 2.05) is 0 Å². The Morgan fingerprint density at radius 2 is 2.38 bits per heavy atom. The fraction of sp³-hybridized carbons (Fsp3) is 0.636. The van der Waals surface area contributed by atoms with Crippen molar-refractivity contribution in [3.63, 3.8) is 0 Å². The molecular weight excluding hydrogens is 208 g/mol. The summed E-state index contributed by atoms with van der Waals surface area (Å²) >= 11 is 0. The summed E-state index contributed by atoms with van der Waals surface area (Å²) in [5, 5.41) is 14.5. The van der Waals surface area contributed by atoms with Gasteiger partial charge in [0.05, 0.1) is 0 Å². The fourth-order valence-electron chi connectivity index (χ4n) is 1.79. The van der Waals surface area contributed by atoms with Gasteiger partial charge in [-0.1, -0.05) is 6.08 Å². The molecule has 90 valence electrons. The molecule has 0 radical (unpaired) electrons. The molecule has 0 aliphatic carbocycles. The number of aliphatic carboxylic acids is 1. The zero-order chi connectivity index (χ0) is 12.0. The summed E-state index contributed by atoms with van der Waals surface area (Å²) in [4.78, 5) is 22.3. The Morgan fingerprint density at radius 1 is 1.62 bits per heavy atom. The van der Waals surface area contributed by atoms with Crippen molar-refractivity contribution in [3.05, 3.63) is 12.7 Å². The Morgan fingerprint density at radius 3 is 2.88 bits per heavy atom. The highest BCUT2D eigenvalue weighted by atomic mass is 16.4. The highest BCUT2D eigenvalue weighted by molar-refractivity contribution is 5.83. The monoisotopic (exact) mass is 226 g/mol. The summed E-state index contributed by atoms with van der Waals surface area (Å²) in [6.45, 7) is 5.25. The molecule has 1 heterocycles. The van der Waals surface area contributed by atoms with Crippen LogP contribution >= 0.6 is 0 Å². The van der Waals surface area contributed by atoms with Crippen molar-refractivity contribution in [3.8, 4) is 0 Å². The van der Waals surface area contributed by atoms with Crippen LogP contribution in [0.25, 0.3) is 0 Å². The molecule has 5 heteroatoms. The van der Waals surface area contributed by atoms with E-state index >= 15 is 0 Å². The zero-order valence-corrected chi connectivity index (χ0v) is 9.24. The van der Waals surface area contributed by atoms with Gasteiger partial charge in [0.25, 0.3) is 0 Å². The molecule has 3 N–H and O–H groups in total. The fourth-order valence-corrected chi connectivity index (χ4v) is 1.79. The average molecular weight is 226 g/mol. The molecule has 2 atom stereocenters. The Bertz CT molecular complexity index is 272. The number of carbonyl (C=O) groups is 2. The predicted octanol–water partition coefficient (Wildman–Crippen LogP) is 0.132. The van der Waals surface area contributed by atoms with Crippen LogP contribution in [0.3, 0.4) is 0 Å². The summed E-state index contributed by atoms with van der Waals surface area (Å²) < 4.78 is 0. The van der Waals surface area contributed by atoms with Gasteiger partial charge >= 0.3 is 5.97 Å². The topological polar surface area (TPSA) is 78.4 Å². The van der Waals surface area contributed by atoms with Crippen molar-refractivity contribution in [2.75, 3.05) is 13.1 Å². The van der Waals surface area contributed by atoms with Crippen LogP contribution in [0.4, 0.5) is 0 Å². The lowest BCUT2D eigenvalue weighted by molar-refractivity contribution is -0.141. The smallest absolute Gasteiger partial charge is 0.326 e. The van der Waals surface area contributed by atoms with Crippen LogP contribution < -0.4 is 10.6 Å². The molecule has 1 saturated heterocycles. The van der Waals surface area contributed by atoms with Crippen LogP contribution in [0, 0.1) is 5.92 Å². The lowest BCUT2D eigenvalue weighted by Gasteiger charge is -2.14. The number of nitrogens with one attached hydrogen (secondary N) is 2. The number of carbonyl (C=O) groups excluding carboxylic acids is 1. The molecule has 1 aliphatic rings. The van der Waals surface area contributed by atoms with Gasteiger partial charge < -0.3 is 15.7 Å². The van der Waals surface area contributed by atoms with E-state index in [-0.39, 0.29) is 12.3 Å². The maximum atomic E-state index is 11.6. The molecule has 1 fully saturated rings. The molecule has 1 rings (SSSR count). The first-order valence-corrected chi connectivity index (χ1v) is 5.47. The molecule has 0 aromatic rings. The maximum absolute atomic E-state index is 11.6. The van der Waals surface area contributed by atoms with Crippen molar-refractivity contribution in [2.45, 2.75) is 25.3 Å². The van der Waals surface area contributed by atoms with Gasteiger partial charge in [0.15, 0.2) is 0 Å². The van der Waals surface area contributed by atoms with E-state index in [0.717, 1.165) is 19.5 Å². The lowest BCUT2D eigenvalue weighted by atomic mass is 10.0. The summed E-state index contributed by atoms with van der Waals surface area (Å²) in [5.74, 6) is -0.876. The zero-order valence-electron chi connectivity index (χ0n) is 9.24. The molecule has 5 nitrogen and oxygen atoms in total. The number of carboxylic acids is 1. The Labute approximate surface area is 94.9 Å². The molecule has 0 aromatic heterocycles. The quantitative estimate of drug-likeness (QED) is 0.563. The molecule has 16 heavy (non-hydrogen) atoms. The second-order valence-corrected chi connectivity index (χ2v) is 4.05. The number of rotatable bonds is 6. The second kappa shape index (κ2) is 6.27. The van der Waals surface area contributed by atoms with E-state index < -0.39 is 12.0 Å². The van der Waals surface area contributed by atoms with Crippen LogP contribution in [0.15, 0.2) is 12.7 Å². The molecule has 0 bridgehead atoms. The summed E-state index contributed by atoms with van der Waals surface area (Å²) in [7, 11) is 0. The van der Waals surface area contributed by atoms with Crippen LogP contribution in [0.5, 0.6) is 0 Å². The predicted molar refractivity (Wildman–Crippen MR) is 60.0 cm³/mol. The van der Waals surface area contributed by atoms with Crippen LogP contribution in [0.1, 0.15) is 19.3 Å². The molecule has 1 aliphatic heterocycles. The van der Waals surface area contributed by atoms with Crippen molar-refractivity contribution in [2.24, 2.45) is 5.92 Å². The van der Waals surface area contributed by atoms with Crippen LogP contribution in [0.2, 0.25) is 0 Å². The third-order valence-electron chi connectivity index (χ3n) is 2.67. The van der Waals surface area contributed by atoms with Gasteiger partial charge in [-0.05, 0) is 31.8 Å². The summed E-state index contributed by atoms with van der Waals surface area (Å²) in [6, 6.07) is -0.848. The number of hydrogen-bond acceptors (Lipinski definition) is 3. The van der Waals surface area contributed by atoms with Crippen molar-refractivity contribution in [1.82, 2.24) is 10.6 Å². The Balaban J connectivity index is 2.35. The Hall–Kier alpha value is -1.36. The Kier molecular flexibility index (Phi) is 4.98. The van der Waals surface area contributed by atoms with Crippen molar-refractivity contribution in [1.29, 1.82) is 0 Å². The van der Waals surface area contributed by atoms with Crippen LogP contribution in [-0.2, 0) is 9.59 Å². The largest absolute Gasteiger partial charge is 0.480 e. The normalized spacial score (nSPS) is 21.4. The lowest BCUT2D eigenvalue weighted by Crippen LogP contribution is -2.41. The molecule has 0 spiro atoms. The van der Waals surface area contributed by atoms with E-state index in [4.69, 9.17) is 5.11 Å². The molecule has 0 aromatic carbocycles. The van der Waals surface area contributed by atoms with Gasteiger partial charge in [0.1, 0.15) is 6.04 Å². The third kappa shape index (κ3) is 4.02. The van der Waals surface area contributed by atoms with E-state index in [9.17, 15) is 9.59 Å². The molecule has 2 unspecified atom stereocenters. The molecule has 0 saturated carbocycles. The minimum absolute atomic E-state index is 0.192. The first-order chi connectivity index (χ1) is 7.63. The van der Waals surface area contributed by atoms with E-state index in [0.29, 0.717) is 12.3 Å². The minimum Gasteiger partial charge on any atom is -0.480 e.